The summed E-state index contributed by atoms with van der Waals surface area (Å²) >= 11 is 3.98. The van der Waals surface area contributed by atoms with Gasteiger partial charge in [-0.2, -0.15) is 12.6 Å². The average molecular weight is 327 g/mol. The Labute approximate surface area is 142 Å². The minimum absolute atomic E-state index is 0.185. The molecule has 4 heteroatoms. The zero-order valence-electron chi connectivity index (χ0n) is 13.1. The monoisotopic (exact) mass is 327 g/mol. The average Bonchev–Trinajstić information content (AvgIpc) is 3.13. The fourth-order valence-electron chi connectivity index (χ4n) is 1.97. The van der Waals surface area contributed by atoms with E-state index in [0.29, 0.717) is 0 Å². The van der Waals surface area contributed by atoms with Crippen LogP contribution in [-0.2, 0) is 0 Å². The van der Waals surface area contributed by atoms with Gasteiger partial charge in [0.15, 0.2) is 12.2 Å². The Bertz CT molecular complexity index is 625. The van der Waals surface area contributed by atoms with E-state index in [9.17, 15) is 0 Å². The van der Waals surface area contributed by atoms with Gasteiger partial charge >= 0.3 is 0 Å². The molecule has 1 aromatic heterocycles. The van der Waals surface area contributed by atoms with Crippen LogP contribution in [0.3, 0.4) is 0 Å². The summed E-state index contributed by atoms with van der Waals surface area (Å²) in [6, 6.07) is 20.1. The number of benzene rings is 2. The van der Waals surface area contributed by atoms with Gasteiger partial charge in [-0.1, -0.05) is 67.6 Å². The molecule has 3 aromatic rings. The third-order valence-electron chi connectivity index (χ3n) is 3.33. The second-order valence-corrected chi connectivity index (χ2v) is 5.74. The first kappa shape index (κ1) is 17.3. The molecule has 0 aliphatic carbocycles. The molecule has 120 valence electrons. The van der Waals surface area contributed by atoms with Crippen molar-refractivity contribution in [3.63, 3.8) is 0 Å². The molecule has 2 aromatic carbocycles. The quantitative estimate of drug-likeness (QED) is 0.683. The largest absolute Gasteiger partial charge is 0.443 e. The molecule has 23 heavy (non-hydrogen) atoms. The number of aliphatic hydroxyl groups is 1. The number of hydrogen-bond donors (Lipinski definition) is 2. The highest BCUT2D eigenvalue weighted by molar-refractivity contribution is 7.81. The Morgan fingerprint density at radius 3 is 2.04 bits per heavy atom. The number of aromatic nitrogens is 1. The highest BCUT2D eigenvalue weighted by atomic mass is 32.1. The Morgan fingerprint density at radius 1 is 1.00 bits per heavy atom. The van der Waals surface area contributed by atoms with E-state index in [1.807, 2.05) is 67.6 Å². The van der Waals surface area contributed by atoms with E-state index in [2.05, 4.69) is 17.6 Å². The van der Waals surface area contributed by atoms with Crippen LogP contribution in [0.4, 0.5) is 0 Å². The summed E-state index contributed by atoms with van der Waals surface area (Å²) < 4.78 is 5.49. The molecule has 0 saturated heterocycles. The van der Waals surface area contributed by atoms with Crippen LogP contribution in [0.15, 0.2) is 71.5 Å². The van der Waals surface area contributed by atoms with Crippen LogP contribution in [-0.4, -0.2) is 21.9 Å². The van der Waals surface area contributed by atoms with E-state index >= 15 is 0 Å². The zero-order chi connectivity index (χ0) is 16.5. The summed E-state index contributed by atoms with van der Waals surface area (Å²) in [4.78, 5) is 4.30. The van der Waals surface area contributed by atoms with Gasteiger partial charge < -0.3 is 9.52 Å². The lowest BCUT2D eigenvalue weighted by Crippen LogP contribution is -2.00. The second-order valence-electron chi connectivity index (χ2n) is 5.01. The van der Waals surface area contributed by atoms with Crippen molar-refractivity contribution in [2.24, 2.45) is 0 Å². The van der Waals surface area contributed by atoms with Crippen molar-refractivity contribution in [2.75, 3.05) is 6.61 Å². The number of nitrogens with zero attached hydrogens (tertiary/aromatic N) is 1. The molecule has 0 saturated carbocycles. The van der Waals surface area contributed by atoms with Crippen LogP contribution in [0, 0.1) is 0 Å². The van der Waals surface area contributed by atoms with Crippen molar-refractivity contribution < 1.29 is 9.52 Å². The van der Waals surface area contributed by atoms with Crippen molar-refractivity contribution in [1.82, 2.24) is 4.98 Å². The fraction of sp³-hybridized carbons (Fsp3) is 0.211. The molecule has 3 nitrogen and oxygen atoms in total. The molecular formula is C19H21NO2S. The van der Waals surface area contributed by atoms with E-state index in [1.54, 1.807) is 0 Å². The zero-order valence-corrected chi connectivity index (χ0v) is 14.0. The van der Waals surface area contributed by atoms with Gasteiger partial charge in [0.05, 0.1) is 6.61 Å². The summed E-state index contributed by atoms with van der Waals surface area (Å²) in [6.45, 7) is 2.19. The van der Waals surface area contributed by atoms with Crippen LogP contribution in [0.2, 0.25) is 0 Å². The van der Waals surface area contributed by atoms with Crippen molar-refractivity contribution in [1.29, 1.82) is 0 Å². The molecule has 1 atom stereocenters. The van der Waals surface area contributed by atoms with Crippen LogP contribution in [0.5, 0.6) is 0 Å². The number of thiol groups is 1. The van der Waals surface area contributed by atoms with E-state index in [1.165, 1.54) is 6.39 Å². The molecule has 0 aliphatic heterocycles. The SMILES string of the molecule is CCC(S)CO.c1ccc(-c2ncoc2-c2ccccc2)cc1. The van der Waals surface area contributed by atoms with Gasteiger partial charge in [-0.15, -0.1) is 0 Å². The first-order chi connectivity index (χ1) is 11.3. The maximum atomic E-state index is 8.26. The molecule has 1 N–H and O–H groups in total. The summed E-state index contributed by atoms with van der Waals surface area (Å²) in [5, 5.41) is 8.44. The summed E-state index contributed by atoms with van der Waals surface area (Å²) in [5.41, 5.74) is 3.00. The van der Waals surface area contributed by atoms with Crippen molar-refractivity contribution in [3.8, 4) is 22.6 Å². The van der Waals surface area contributed by atoms with E-state index in [-0.39, 0.29) is 11.9 Å². The molecule has 0 bridgehead atoms. The predicted molar refractivity (Wildman–Crippen MR) is 97.5 cm³/mol. The fourth-order valence-corrected chi connectivity index (χ4v) is 1.97. The molecule has 0 radical (unpaired) electrons. The first-order valence-corrected chi connectivity index (χ1v) is 8.11. The van der Waals surface area contributed by atoms with Gasteiger partial charge in [-0.3, -0.25) is 0 Å². The molecular weight excluding hydrogens is 306 g/mol. The molecule has 0 spiro atoms. The Balaban J connectivity index is 0.000000277. The van der Waals surface area contributed by atoms with Crippen LogP contribution >= 0.6 is 12.6 Å². The smallest absolute Gasteiger partial charge is 0.182 e. The van der Waals surface area contributed by atoms with Gasteiger partial charge in [-0.05, 0) is 6.42 Å². The summed E-state index contributed by atoms with van der Waals surface area (Å²) in [5.74, 6) is 0.816. The van der Waals surface area contributed by atoms with Gasteiger partial charge in [-0.25, -0.2) is 4.98 Å². The second kappa shape index (κ2) is 9.18. The minimum Gasteiger partial charge on any atom is -0.443 e. The van der Waals surface area contributed by atoms with Gasteiger partial charge in [0.25, 0.3) is 0 Å². The molecule has 0 fully saturated rings. The van der Waals surface area contributed by atoms with Crippen molar-refractivity contribution >= 4 is 12.6 Å². The molecule has 1 heterocycles. The maximum Gasteiger partial charge on any atom is 0.182 e. The van der Waals surface area contributed by atoms with Gasteiger partial charge in [0.1, 0.15) is 5.69 Å². The highest BCUT2D eigenvalue weighted by Gasteiger charge is 2.11. The predicted octanol–water partition coefficient (Wildman–Crippen LogP) is 4.70. The molecule has 1 unspecified atom stereocenters. The summed E-state index contributed by atoms with van der Waals surface area (Å²) in [6.07, 6.45) is 2.43. The minimum atomic E-state index is 0.185. The molecule has 3 rings (SSSR count). The number of aliphatic hydroxyl groups excluding tert-OH is 1. The number of oxazole rings is 1. The third kappa shape index (κ3) is 4.98. The lowest BCUT2D eigenvalue weighted by atomic mass is 10.1. The van der Waals surface area contributed by atoms with Crippen molar-refractivity contribution in [3.05, 3.63) is 67.1 Å². The van der Waals surface area contributed by atoms with Crippen LogP contribution in [0.25, 0.3) is 22.6 Å². The van der Waals surface area contributed by atoms with E-state index in [4.69, 9.17) is 9.52 Å². The molecule has 0 amide bonds. The normalized spacial score (nSPS) is 11.4. The number of hydrogen-bond acceptors (Lipinski definition) is 4. The van der Waals surface area contributed by atoms with E-state index < -0.39 is 0 Å². The lowest BCUT2D eigenvalue weighted by Gasteiger charge is -2.00. The maximum absolute atomic E-state index is 8.26. The topological polar surface area (TPSA) is 46.3 Å². The third-order valence-corrected chi connectivity index (χ3v) is 3.86. The Kier molecular flexibility index (Phi) is 6.91. The Hall–Kier alpha value is -2.04. The lowest BCUT2D eigenvalue weighted by molar-refractivity contribution is 0.293. The van der Waals surface area contributed by atoms with Crippen molar-refractivity contribution in [2.45, 2.75) is 18.6 Å². The first-order valence-electron chi connectivity index (χ1n) is 7.59. The standard InChI is InChI=1S/C15H11NO.C4H10OS/c1-3-7-12(8-4-1)14-15(17-11-16-14)13-9-5-2-6-10-13;1-2-4(6)3-5/h1-11H;4-6H,2-3H2,1H3. The molecule has 0 aliphatic rings. The van der Waals surface area contributed by atoms with E-state index in [0.717, 1.165) is 29.0 Å². The van der Waals surface area contributed by atoms with Gasteiger partial charge in [0.2, 0.25) is 0 Å². The van der Waals surface area contributed by atoms with Crippen LogP contribution in [0.1, 0.15) is 13.3 Å². The number of rotatable bonds is 4. The van der Waals surface area contributed by atoms with Gasteiger partial charge in [0, 0.05) is 16.4 Å². The summed E-state index contributed by atoms with van der Waals surface area (Å²) in [7, 11) is 0. The Morgan fingerprint density at radius 2 is 1.57 bits per heavy atom. The highest BCUT2D eigenvalue weighted by Crippen LogP contribution is 2.30. The van der Waals surface area contributed by atoms with Crippen LogP contribution < -0.4 is 0 Å².